The minimum Gasteiger partial charge on any atom is -0.480 e. The Hall–Kier alpha value is -2.77. The molecule has 0 N–H and O–H groups in total. The van der Waals surface area contributed by atoms with Gasteiger partial charge in [-0.1, -0.05) is 6.07 Å². The Balaban J connectivity index is 1.71. The van der Waals surface area contributed by atoms with Crippen molar-refractivity contribution in [1.82, 2.24) is 14.9 Å². The number of benzene rings is 1. The SMILES string of the molecule is COc1cncc(OC2CCCN(C(=O)c3c(F)cccc3F)C2)n1. The van der Waals surface area contributed by atoms with E-state index in [-0.39, 0.29) is 18.5 Å². The van der Waals surface area contributed by atoms with Crippen LogP contribution >= 0.6 is 0 Å². The van der Waals surface area contributed by atoms with Crippen LogP contribution in [0.25, 0.3) is 0 Å². The van der Waals surface area contributed by atoms with E-state index in [1.54, 1.807) is 0 Å². The molecule has 1 atom stereocenters. The molecular weight excluding hydrogens is 332 g/mol. The predicted molar refractivity (Wildman–Crippen MR) is 84.5 cm³/mol. The molecule has 8 heteroatoms. The van der Waals surface area contributed by atoms with E-state index < -0.39 is 23.1 Å². The quantitative estimate of drug-likeness (QED) is 0.848. The lowest BCUT2D eigenvalue weighted by molar-refractivity contribution is 0.0516. The molecule has 0 saturated carbocycles. The first-order valence-corrected chi connectivity index (χ1v) is 7.84. The van der Waals surface area contributed by atoms with Crippen LogP contribution < -0.4 is 9.47 Å². The first-order chi connectivity index (χ1) is 12.1. The monoisotopic (exact) mass is 349 g/mol. The van der Waals surface area contributed by atoms with Crippen LogP contribution in [0.3, 0.4) is 0 Å². The molecule has 2 aromatic rings. The van der Waals surface area contributed by atoms with Crippen molar-refractivity contribution in [3.05, 3.63) is 47.8 Å². The Bertz CT molecular complexity index is 752. The topological polar surface area (TPSA) is 64.6 Å². The molecular formula is C17H17F2N3O3. The van der Waals surface area contributed by atoms with Crippen LogP contribution in [0, 0.1) is 11.6 Å². The fraction of sp³-hybridized carbons (Fsp3) is 0.353. The number of aromatic nitrogens is 2. The second-order valence-corrected chi connectivity index (χ2v) is 5.63. The Morgan fingerprint density at radius 3 is 2.68 bits per heavy atom. The molecule has 1 aliphatic heterocycles. The smallest absolute Gasteiger partial charge is 0.259 e. The molecule has 132 valence electrons. The fourth-order valence-electron chi connectivity index (χ4n) is 2.74. The summed E-state index contributed by atoms with van der Waals surface area (Å²) in [7, 11) is 1.47. The van der Waals surface area contributed by atoms with Gasteiger partial charge >= 0.3 is 0 Å². The lowest BCUT2D eigenvalue weighted by Gasteiger charge is -2.32. The number of carbonyl (C=O) groups is 1. The second kappa shape index (κ2) is 7.42. The zero-order chi connectivity index (χ0) is 17.8. The molecule has 0 aliphatic carbocycles. The van der Waals surface area contributed by atoms with Crippen molar-refractivity contribution in [3.63, 3.8) is 0 Å². The van der Waals surface area contributed by atoms with E-state index in [2.05, 4.69) is 9.97 Å². The number of nitrogens with zero attached hydrogens (tertiary/aromatic N) is 3. The Morgan fingerprint density at radius 1 is 1.24 bits per heavy atom. The van der Waals surface area contributed by atoms with E-state index in [9.17, 15) is 13.6 Å². The van der Waals surface area contributed by atoms with Crippen LogP contribution in [-0.2, 0) is 0 Å². The summed E-state index contributed by atoms with van der Waals surface area (Å²) in [6.45, 7) is 0.627. The summed E-state index contributed by atoms with van der Waals surface area (Å²) in [5.41, 5.74) is -0.538. The van der Waals surface area contributed by atoms with E-state index >= 15 is 0 Å². The van der Waals surface area contributed by atoms with Gasteiger partial charge in [-0.15, -0.1) is 0 Å². The summed E-state index contributed by atoms with van der Waals surface area (Å²) in [4.78, 5) is 21.9. The molecule has 6 nitrogen and oxygen atoms in total. The maximum absolute atomic E-state index is 13.8. The molecule has 1 aromatic heterocycles. The molecule has 0 spiro atoms. The summed E-state index contributed by atoms with van der Waals surface area (Å²) in [6, 6.07) is 3.37. The minimum atomic E-state index is -0.869. The van der Waals surface area contributed by atoms with Crippen LogP contribution in [-0.4, -0.2) is 47.1 Å². The number of hydrogen-bond acceptors (Lipinski definition) is 5. The molecule has 1 unspecified atom stereocenters. The van der Waals surface area contributed by atoms with Crippen LogP contribution in [0.5, 0.6) is 11.8 Å². The van der Waals surface area contributed by atoms with Gasteiger partial charge in [-0.25, -0.2) is 8.78 Å². The summed E-state index contributed by atoms with van der Waals surface area (Å²) in [5, 5.41) is 0. The van der Waals surface area contributed by atoms with Gasteiger partial charge in [0.1, 0.15) is 23.3 Å². The number of piperidine rings is 1. The Kier molecular flexibility index (Phi) is 5.06. The highest BCUT2D eigenvalue weighted by molar-refractivity contribution is 5.94. The van der Waals surface area contributed by atoms with Crippen molar-refractivity contribution in [3.8, 4) is 11.8 Å². The highest BCUT2D eigenvalue weighted by Gasteiger charge is 2.29. The predicted octanol–water partition coefficient (Wildman–Crippen LogP) is 2.45. The number of rotatable bonds is 4. The van der Waals surface area contributed by atoms with E-state index in [4.69, 9.17) is 9.47 Å². The van der Waals surface area contributed by atoms with Gasteiger partial charge in [0.05, 0.1) is 26.0 Å². The highest BCUT2D eigenvalue weighted by atomic mass is 19.1. The van der Waals surface area contributed by atoms with Gasteiger partial charge in [-0.3, -0.25) is 9.78 Å². The standard InChI is InChI=1S/C17H17F2N3O3/c1-24-14-8-20-9-15(21-14)25-11-4-3-7-22(10-11)17(23)16-12(18)5-2-6-13(16)19/h2,5-6,8-9,11H,3-4,7,10H2,1H3. The van der Waals surface area contributed by atoms with Gasteiger partial charge in [-0.05, 0) is 25.0 Å². The Morgan fingerprint density at radius 2 is 1.96 bits per heavy atom. The maximum Gasteiger partial charge on any atom is 0.259 e. The lowest BCUT2D eigenvalue weighted by Crippen LogP contribution is -2.45. The van der Waals surface area contributed by atoms with Crippen LogP contribution in [0.2, 0.25) is 0 Å². The summed E-state index contributed by atoms with van der Waals surface area (Å²) >= 11 is 0. The molecule has 1 aromatic carbocycles. The second-order valence-electron chi connectivity index (χ2n) is 5.63. The number of ether oxygens (including phenoxy) is 2. The number of methoxy groups -OCH3 is 1. The first kappa shape index (κ1) is 17.1. The fourth-order valence-corrected chi connectivity index (χ4v) is 2.74. The molecule has 25 heavy (non-hydrogen) atoms. The third kappa shape index (κ3) is 3.84. The van der Waals surface area contributed by atoms with Crippen molar-refractivity contribution in [2.75, 3.05) is 20.2 Å². The third-order valence-corrected chi connectivity index (χ3v) is 3.93. The maximum atomic E-state index is 13.8. The number of carbonyl (C=O) groups excluding carboxylic acids is 1. The zero-order valence-electron chi connectivity index (χ0n) is 13.6. The van der Waals surface area contributed by atoms with Crippen molar-refractivity contribution >= 4 is 5.91 Å². The van der Waals surface area contributed by atoms with Crippen LogP contribution in [0.15, 0.2) is 30.6 Å². The van der Waals surface area contributed by atoms with E-state index in [1.165, 1.54) is 30.5 Å². The van der Waals surface area contributed by atoms with Crippen molar-refractivity contribution in [2.24, 2.45) is 0 Å². The summed E-state index contributed by atoms with van der Waals surface area (Å²) in [6.07, 6.45) is 3.91. The van der Waals surface area contributed by atoms with Crippen LogP contribution in [0.1, 0.15) is 23.2 Å². The van der Waals surface area contributed by atoms with Gasteiger partial charge in [-0.2, -0.15) is 4.98 Å². The minimum absolute atomic E-state index is 0.214. The van der Waals surface area contributed by atoms with Crippen LogP contribution in [0.4, 0.5) is 8.78 Å². The molecule has 1 amide bonds. The van der Waals surface area contributed by atoms with Gasteiger partial charge in [0.15, 0.2) is 0 Å². The number of amides is 1. The van der Waals surface area contributed by atoms with Crippen molar-refractivity contribution < 1.29 is 23.0 Å². The van der Waals surface area contributed by atoms with E-state index in [1.807, 2.05) is 0 Å². The largest absolute Gasteiger partial charge is 0.480 e. The van der Waals surface area contributed by atoms with Gasteiger partial charge in [0.2, 0.25) is 11.8 Å². The average Bonchev–Trinajstić information content (AvgIpc) is 2.62. The normalized spacial score (nSPS) is 17.2. The third-order valence-electron chi connectivity index (χ3n) is 3.93. The average molecular weight is 349 g/mol. The molecule has 0 radical (unpaired) electrons. The molecule has 1 aliphatic rings. The molecule has 3 rings (SSSR count). The summed E-state index contributed by atoms with van der Waals surface area (Å²) in [5.74, 6) is -1.83. The van der Waals surface area contributed by atoms with Gasteiger partial charge < -0.3 is 14.4 Å². The highest BCUT2D eigenvalue weighted by Crippen LogP contribution is 2.21. The van der Waals surface area contributed by atoms with E-state index in [0.717, 1.165) is 12.1 Å². The van der Waals surface area contributed by atoms with E-state index in [0.29, 0.717) is 25.3 Å². The molecule has 1 saturated heterocycles. The number of likely N-dealkylation sites (tertiary alicyclic amines) is 1. The van der Waals surface area contributed by atoms with Crippen molar-refractivity contribution in [2.45, 2.75) is 18.9 Å². The van der Waals surface area contributed by atoms with Gasteiger partial charge in [0, 0.05) is 6.54 Å². The first-order valence-electron chi connectivity index (χ1n) is 7.84. The molecule has 0 bridgehead atoms. The Labute approximate surface area is 143 Å². The lowest BCUT2D eigenvalue weighted by atomic mass is 10.1. The molecule has 1 fully saturated rings. The summed E-state index contributed by atoms with van der Waals surface area (Å²) < 4.78 is 38.4. The number of halogens is 2. The van der Waals surface area contributed by atoms with Gasteiger partial charge in [0.25, 0.3) is 5.91 Å². The zero-order valence-corrected chi connectivity index (χ0v) is 13.6. The number of hydrogen-bond donors (Lipinski definition) is 0. The van der Waals surface area contributed by atoms with Crippen molar-refractivity contribution in [1.29, 1.82) is 0 Å². The molecule has 2 heterocycles.